The lowest BCUT2D eigenvalue weighted by atomic mass is 9.96. The number of hydrogen-bond donors (Lipinski definition) is 2. The summed E-state index contributed by atoms with van der Waals surface area (Å²) in [4.78, 5) is 21.9. The van der Waals surface area contributed by atoms with Gasteiger partial charge in [0.25, 0.3) is 0 Å². The maximum Gasteiger partial charge on any atom is 0.322 e. The summed E-state index contributed by atoms with van der Waals surface area (Å²) in [5.41, 5.74) is 0.555. The van der Waals surface area contributed by atoms with Crippen LogP contribution in [0.3, 0.4) is 0 Å². The van der Waals surface area contributed by atoms with Crippen LogP contribution in [-0.4, -0.2) is 27.3 Å². The number of hydrogen-bond acceptors (Lipinski definition) is 4. The summed E-state index contributed by atoms with van der Waals surface area (Å²) in [6.07, 6.45) is 1.79. The Kier molecular flexibility index (Phi) is 2.41. The molecule has 2 N–H and O–H groups in total. The smallest absolute Gasteiger partial charge is 0.322 e. The van der Waals surface area contributed by atoms with Crippen molar-refractivity contribution in [1.29, 1.82) is 0 Å². The average molecular weight is 225 g/mol. The van der Waals surface area contributed by atoms with Gasteiger partial charge in [-0.2, -0.15) is 0 Å². The third kappa shape index (κ3) is 1.66. The van der Waals surface area contributed by atoms with E-state index in [1.54, 1.807) is 6.92 Å². The zero-order chi connectivity index (χ0) is 11.9. The van der Waals surface area contributed by atoms with Gasteiger partial charge >= 0.3 is 11.9 Å². The van der Waals surface area contributed by atoms with E-state index in [0.717, 1.165) is 12.8 Å². The van der Waals surface area contributed by atoms with Crippen molar-refractivity contribution in [2.24, 2.45) is 0 Å². The van der Waals surface area contributed by atoms with Crippen LogP contribution in [0.1, 0.15) is 41.7 Å². The standard InChI is InChI=1S/C10H11NO5/c1-4-6(7(9(12)13)10(14)15)8(16-11-4)5-2-3-5/h5,7H,2-3H2,1H3,(H,12,13)(H,14,15). The fourth-order valence-electron chi connectivity index (χ4n) is 1.74. The number of aryl methyl sites for hydroxylation is 1. The molecule has 1 aliphatic carbocycles. The van der Waals surface area contributed by atoms with Crippen LogP contribution in [0.4, 0.5) is 0 Å². The first-order chi connectivity index (χ1) is 7.52. The van der Waals surface area contributed by atoms with Crippen LogP contribution in [0.5, 0.6) is 0 Å². The number of carbonyl (C=O) groups is 2. The van der Waals surface area contributed by atoms with Gasteiger partial charge in [-0.1, -0.05) is 5.16 Å². The quantitative estimate of drug-likeness (QED) is 0.744. The van der Waals surface area contributed by atoms with Gasteiger partial charge in [0.2, 0.25) is 0 Å². The van der Waals surface area contributed by atoms with Crippen molar-refractivity contribution in [1.82, 2.24) is 5.16 Å². The van der Waals surface area contributed by atoms with Gasteiger partial charge in [0.15, 0.2) is 5.92 Å². The van der Waals surface area contributed by atoms with Gasteiger partial charge in [-0.15, -0.1) is 0 Å². The van der Waals surface area contributed by atoms with E-state index in [4.69, 9.17) is 14.7 Å². The highest BCUT2D eigenvalue weighted by atomic mass is 16.5. The van der Waals surface area contributed by atoms with Crippen LogP contribution in [-0.2, 0) is 9.59 Å². The van der Waals surface area contributed by atoms with E-state index >= 15 is 0 Å². The van der Waals surface area contributed by atoms with Crippen molar-refractivity contribution in [2.45, 2.75) is 31.6 Å². The van der Waals surface area contributed by atoms with Gasteiger partial charge in [-0.05, 0) is 19.8 Å². The summed E-state index contributed by atoms with van der Waals surface area (Å²) in [6.45, 7) is 1.56. The molecule has 1 aliphatic rings. The van der Waals surface area contributed by atoms with Gasteiger partial charge in [-0.3, -0.25) is 9.59 Å². The first-order valence-corrected chi connectivity index (χ1v) is 4.94. The number of carboxylic acid groups (broad SMARTS) is 2. The Balaban J connectivity index is 2.47. The summed E-state index contributed by atoms with van der Waals surface area (Å²) >= 11 is 0. The molecule has 0 atom stereocenters. The minimum Gasteiger partial charge on any atom is -0.480 e. The highest BCUT2D eigenvalue weighted by Gasteiger charge is 2.39. The van der Waals surface area contributed by atoms with E-state index in [-0.39, 0.29) is 11.5 Å². The van der Waals surface area contributed by atoms with E-state index in [0.29, 0.717) is 11.5 Å². The third-order valence-electron chi connectivity index (χ3n) is 2.67. The zero-order valence-corrected chi connectivity index (χ0v) is 8.64. The second-order valence-corrected chi connectivity index (χ2v) is 3.93. The highest BCUT2D eigenvalue weighted by molar-refractivity contribution is 5.99. The predicted octanol–water partition coefficient (Wildman–Crippen LogP) is 1.11. The van der Waals surface area contributed by atoms with Gasteiger partial charge in [0, 0.05) is 11.5 Å². The van der Waals surface area contributed by atoms with Crippen LogP contribution in [0.15, 0.2) is 4.52 Å². The number of carboxylic acids is 2. The van der Waals surface area contributed by atoms with Crippen LogP contribution < -0.4 is 0 Å². The second-order valence-electron chi connectivity index (χ2n) is 3.93. The molecule has 2 rings (SSSR count). The van der Waals surface area contributed by atoms with E-state index in [1.165, 1.54) is 0 Å². The Labute approximate surface area is 90.9 Å². The maximum absolute atomic E-state index is 10.9. The molecule has 0 amide bonds. The molecule has 16 heavy (non-hydrogen) atoms. The molecular weight excluding hydrogens is 214 g/mol. The molecule has 86 valence electrons. The molecule has 0 aromatic carbocycles. The number of rotatable bonds is 4. The lowest BCUT2D eigenvalue weighted by Crippen LogP contribution is -2.22. The van der Waals surface area contributed by atoms with Crippen molar-refractivity contribution >= 4 is 11.9 Å². The van der Waals surface area contributed by atoms with Crippen molar-refractivity contribution < 1.29 is 24.3 Å². The molecule has 0 spiro atoms. The molecule has 1 saturated carbocycles. The first kappa shape index (κ1) is 10.7. The van der Waals surface area contributed by atoms with E-state index in [9.17, 15) is 9.59 Å². The van der Waals surface area contributed by atoms with E-state index < -0.39 is 17.9 Å². The molecule has 1 heterocycles. The SMILES string of the molecule is Cc1noc(C2CC2)c1C(C(=O)O)C(=O)O. The average Bonchev–Trinajstić information content (AvgIpc) is 2.94. The summed E-state index contributed by atoms with van der Waals surface area (Å²) in [6, 6.07) is 0. The maximum atomic E-state index is 10.9. The zero-order valence-electron chi connectivity index (χ0n) is 8.64. The van der Waals surface area contributed by atoms with Crippen molar-refractivity contribution in [3.63, 3.8) is 0 Å². The van der Waals surface area contributed by atoms with Gasteiger partial charge in [0.05, 0.1) is 5.69 Å². The normalized spacial score (nSPS) is 15.4. The lowest BCUT2D eigenvalue weighted by Gasteiger charge is -2.07. The Morgan fingerprint density at radius 2 is 1.94 bits per heavy atom. The third-order valence-corrected chi connectivity index (χ3v) is 2.67. The minimum absolute atomic E-state index is 0.136. The first-order valence-electron chi connectivity index (χ1n) is 4.94. The van der Waals surface area contributed by atoms with Crippen molar-refractivity contribution in [3.05, 3.63) is 17.0 Å². The second kappa shape index (κ2) is 3.62. The van der Waals surface area contributed by atoms with Gasteiger partial charge in [-0.25, -0.2) is 0 Å². The molecule has 0 bridgehead atoms. The summed E-state index contributed by atoms with van der Waals surface area (Å²) in [5.74, 6) is -3.80. The summed E-state index contributed by atoms with van der Waals surface area (Å²) < 4.78 is 5.02. The van der Waals surface area contributed by atoms with Crippen molar-refractivity contribution in [2.75, 3.05) is 0 Å². The van der Waals surface area contributed by atoms with Crippen molar-refractivity contribution in [3.8, 4) is 0 Å². The molecule has 1 aromatic rings. The van der Waals surface area contributed by atoms with Crippen LogP contribution >= 0.6 is 0 Å². The van der Waals surface area contributed by atoms with Crippen LogP contribution in [0, 0.1) is 6.92 Å². The number of aliphatic carboxylic acids is 2. The van der Waals surface area contributed by atoms with Gasteiger partial charge in [0.1, 0.15) is 5.76 Å². The molecule has 1 fully saturated rings. The number of nitrogens with zero attached hydrogens (tertiary/aromatic N) is 1. The van der Waals surface area contributed by atoms with Crippen LogP contribution in [0.2, 0.25) is 0 Å². The Bertz CT molecular complexity index is 432. The summed E-state index contributed by atoms with van der Waals surface area (Å²) in [5, 5.41) is 21.5. The molecule has 6 heteroatoms. The number of aromatic nitrogens is 1. The van der Waals surface area contributed by atoms with Gasteiger partial charge < -0.3 is 14.7 Å². The van der Waals surface area contributed by atoms with E-state index in [1.807, 2.05) is 0 Å². The molecule has 0 saturated heterocycles. The van der Waals surface area contributed by atoms with Crippen LogP contribution in [0.25, 0.3) is 0 Å². The highest BCUT2D eigenvalue weighted by Crippen LogP contribution is 2.44. The largest absolute Gasteiger partial charge is 0.480 e. The molecule has 1 aromatic heterocycles. The molecular formula is C10H11NO5. The fourth-order valence-corrected chi connectivity index (χ4v) is 1.74. The Hall–Kier alpha value is -1.85. The van der Waals surface area contributed by atoms with E-state index in [2.05, 4.69) is 5.16 Å². The molecule has 6 nitrogen and oxygen atoms in total. The monoisotopic (exact) mass is 225 g/mol. The minimum atomic E-state index is -1.58. The predicted molar refractivity (Wildman–Crippen MR) is 51.2 cm³/mol. The molecule has 0 aliphatic heterocycles. The summed E-state index contributed by atoms with van der Waals surface area (Å²) in [7, 11) is 0. The molecule has 0 unspecified atom stereocenters. The molecule has 0 radical (unpaired) electrons. The Morgan fingerprint density at radius 1 is 1.38 bits per heavy atom. The fraction of sp³-hybridized carbons (Fsp3) is 0.500. The lowest BCUT2D eigenvalue weighted by molar-refractivity contribution is -0.150. The Morgan fingerprint density at radius 3 is 2.38 bits per heavy atom. The topological polar surface area (TPSA) is 101 Å².